The van der Waals surface area contributed by atoms with Gasteiger partial charge in [-0.05, 0) is 42.2 Å². The second kappa shape index (κ2) is 5.43. The zero-order valence-electron chi connectivity index (χ0n) is 12.5. The molecule has 3 aromatic rings. The highest BCUT2D eigenvalue weighted by Crippen LogP contribution is 2.27. The van der Waals surface area contributed by atoms with Crippen LogP contribution in [0, 0.1) is 5.92 Å². The number of nitrogens with zero attached hydrogens (tertiary/aromatic N) is 1. The van der Waals surface area contributed by atoms with Crippen LogP contribution < -0.4 is 10.7 Å². The van der Waals surface area contributed by atoms with Gasteiger partial charge in [0.1, 0.15) is 0 Å². The Morgan fingerprint density at radius 3 is 2.78 bits per heavy atom. The Labute approximate surface area is 132 Å². The van der Waals surface area contributed by atoms with E-state index in [9.17, 15) is 9.59 Å². The fourth-order valence-corrected chi connectivity index (χ4v) is 3.24. The number of nitrogens with one attached hydrogen (secondary N) is 1. The number of hydrogen-bond acceptors (Lipinski definition) is 3. The largest absolute Gasteiger partial charge is 0.417 e. The van der Waals surface area contributed by atoms with Crippen molar-refractivity contribution in [2.45, 2.75) is 12.8 Å². The first-order valence-electron chi connectivity index (χ1n) is 7.66. The molecule has 5 nitrogen and oxygen atoms in total. The smallest absolute Gasteiger partial charge is 0.408 e. The maximum Gasteiger partial charge on any atom is 0.417 e. The first-order valence-corrected chi connectivity index (χ1v) is 7.66. The van der Waals surface area contributed by atoms with Crippen molar-refractivity contribution in [2.75, 3.05) is 11.4 Å². The minimum atomic E-state index is -0.441. The molecule has 1 N–H and O–H groups in total. The summed E-state index contributed by atoms with van der Waals surface area (Å²) in [5, 5.41) is 0. The predicted octanol–water partition coefficient (Wildman–Crippen LogP) is 2.72. The van der Waals surface area contributed by atoms with E-state index in [1.165, 1.54) is 0 Å². The third-order valence-corrected chi connectivity index (χ3v) is 4.28. The van der Waals surface area contributed by atoms with Crippen molar-refractivity contribution >= 4 is 22.7 Å². The molecule has 5 heteroatoms. The van der Waals surface area contributed by atoms with E-state index in [-0.39, 0.29) is 11.8 Å². The van der Waals surface area contributed by atoms with Crippen molar-refractivity contribution < 1.29 is 9.21 Å². The third-order valence-electron chi connectivity index (χ3n) is 4.28. The highest BCUT2D eigenvalue weighted by atomic mass is 16.4. The molecule has 0 radical (unpaired) electrons. The predicted molar refractivity (Wildman–Crippen MR) is 87.4 cm³/mol. The van der Waals surface area contributed by atoms with Gasteiger partial charge >= 0.3 is 5.76 Å². The Hall–Kier alpha value is -2.82. The zero-order chi connectivity index (χ0) is 15.8. The SMILES string of the molecule is O=C1C[C@H](Cc2ccc3oc(=O)[nH]c3c2)CN1c1ccccc1. The van der Waals surface area contributed by atoms with Crippen LogP contribution in [0.25, 0.3) is 11.1 Å². The molecule has 1 fully saturated rings. The number of hydrogen-bond donors (Lipinski definition) is 1. The molecule has 0 aliphatic carbocycles. The van der Waals surface area contributed by atoms with Crippen molar-refractivity contribution in [2.24, 2.45) is 5.92 Å². The summed E-state index contributed by atoms with van der Waals surface area (Å²) in [4.78, 5) is 28.0. The lowest BCUT2D eigenvalue weighted by molar-refractivity contribution is -0.117. The molecule has 1 atom stereocenters. The molecule has 0 bridgehead atoms. The minimum Gasteiger partial charge on any atom is -0.408 e. The van der Waals surface area contributed by atoms with E-state index in [1.807, 2.05) is 47.4 Å². The molecule has 1 saturated heterocycles. The van der Waals surface area contributed by atoms with E-state index in [4.69, 9.17) is 4.42 Å². The molecule has 23 heavy (non-hydrogen) atoms. The Morgan fingerprint density at radius 1 is 1.13 bits per heavy atom. The van der Waals surface area contributed by atoms with E-state index < -0.39 is 5.76 Å². The van der Waals surface area contributed by atoms with Gasteiger partial charge in [-0.25, -0.2) is 4.79 Å². The number of para-hydroxylation sites is 1. The van der Waals surface area contributed by atoms with Crippen LogP contribution in [0.15, 0.2) is 57.7 Å². The number of carbonyl (C=O) groups is 1. The summed E-state index contributed by atoms with van der Waals surface area (Å²) in [5.74, 6) is 0.00113. The highest BCUT2D eigenvalue weighted by Gasteiger charge is 2.30. The Morgan fingerprint density at radius 2 is 1.96 bits per heavy atom. The van der Waals surface area contributed by atoms with E-state index in [1.54, 1.807) is 6.07 Å². The first-order chi connectivity index (χ1) is 11.2. The average Bonchev–Trinajstić information content (AvgIpc) is 3.09. The molecule has 1 aromatic heterocycles. The Kier molecular flexibility index (Phi) is 3.26. The van der Waals surface area contributed by atoms with Gasteiger partial charge in [-0.1, -0.05) is 24.3 Å². The lowest BCUT2D eigenvalue weighted by atomic mass is 9.98. The maximum atomic E-state index is 12.3. The van der Waals surface area contributed by atoms with Crippen molar-refractivity contribution in [3.05, 3.63) is 64.6 Å². The molecule has 1 aliphatic heterocycles. The van der Waals surface area contributed by atoms with Crippen LogP contribution >= 0.6 is 0 Å². The molecule has 0 saturated carbocycles. The number of aromatic nitrogens is 1. The van der Waals surface area contributed by atoms with Crippen LogP contribution in [0.4, 0.5) is 5.69 Å². The molecule has 0 unspecified atom stereocenters. The van der Waals surface area contributed by atoms with Crippen molar-refractivity contribution in [3.63, 3.8) is 0 Å². The number of anilines is 1. The number of aromatic amines is 1. The topological polar surface area (TPSA) is 66.3 Å². The number of carbonyl (C=O) groups excluding carboxylic acids is 1. The second-order valence-corrected chi connectivity index (χ2v) is 5.96. The molecular weight excluding hydrogens is 292 g/mol. The number of benzene rings is 2. The van der Waals surface area contributed by atoms with Crippen molar-refractivity contribution in [1.29, 1.82) is 0 Å². The highest BCUT2D eigenvalue weighted by molar-refractivity contribution is 5.95. The molecule has 2 aromatic carbocycles. The zero-order valence-corrected chi connectivity index (χ0v) is 12.5. The van der Waals surface area contributed by atoms with Gasteiger partial charge < -0.3 is 9.32 Å². The normalized spacial score (nSPS) is 18.0. The fraction of sp³-hybridized carbons (Fsp3) is 0.222. The van der Waals surface area contributed by atoms with Gasteiger partial charge in [-0.2, -0.15) is 0 Å². The summed E-state index contributed by atoms with van der Waals surface area (Å²) in [6.07, 6.45) is 1.35. The molecule has 1 aliphatic rings. The van der Waals surface area contributed by atoms with Crippen molar-refractivity contribution in [1.82, 2.24) is 4.98 Å². The number of rotatable bonds is 3. The number of amides is 1. The fourth-order valence-electron chi connectivity index (χ4n) is 3.24. The monoisotopic (exact) mass is 308 g/mol. The van der Waals surface area contributed by atoms with Gasteiger partial charge in [0, 0.05) is 18.7 Å². The summed E-state index contributed by atoms with van der Waals surface area (Å²) in [6.45, 7) is 0.725. The van der Waals surface area contributed by atoms with Gasteiger partial charge in [0.25, 0.3) is 0 Å². The van der Waals surface area contributed by atoms with Gasteiger partial charge in [0.2, 0.25) is 5.91 Å². The van der Waals surface area contributed by atoms with Gasteiger partial charge in [-0.15, -0.1) is 0 Å². The molecular formula is C18H16N2O3. The Bertz CT molecular complexity index is 911. The van der Waals surface area contributed by atoms with Crippen LogP contribution in [0.3, 0.4) is 0 Å². The summed E-state index contributed by atoms with van der Waals surface area (Å²) >= 11 is 0. The lowest BCUT2D eigenvalue weighted by Gasteiger charge is -2.16. The average molecular weight is 308 g/mol. The Balaban J connectivity index is 1.52. The van der Waals surface area contributed by atoms with E-state index in [0.717, 1.165) is 24.2 Å². The summed E-state index contributed by atoms with van der Waals surface area (Å²) in [6, 6.07) is 15.4. The van der Waals surface area contributed by atoms with Gasteiger partial charge in [0.05, 0.1) is 5.52 Å². The second-order valence-electron chi connectivity index (χ2n) is 5.96. The third kappa shape index (κ3) is 2.65. The van der Waals surface area contributed by atoms with Crippen LogP contribution in [-0.2, 0) is 11.2 Å². The summed E-state index contributed by atoms with van der Waals surface area (Å²) in [7, 11) is 0. The molecule has 1 amide bonds. The van der Waals surface area contributed by atoms with Crippen LogP contribution in [-0.4, -0.2) is 17.4 Å². The van der Waals surface area contributed by atoms with E-state index in [0.29, 0.717) is 17.5 Å². The molecule has 4 rings (SSSR count). The number of H-pyrrole nitrogens is 1. The summed E-state index contributed by atoms with van der Waals surface area (Å²) in [5.41, 5.74) is 3.32. The van der Waals surface area contributed by atoms with Gasteiger partial charge in [-0.3, -0.25) is 9.78 Å². The lowest BCUT2D eigenvalue weighted by Crippen LogP contribution is -2.24. The van der Waals surface area contributed by atoms with Crippen LogP contribution in [0.1, 0.15) is 12.0 Å². The molecule has 116 valence electrons. The molecule has 2 heterocycles. The van der Waals surface area contributed by atoms with Crippen molar-refractivity contribution in [3.8, 4) is 0 Å². The first kappa shape index (κ1) is 13.8. The quantitative estimate of drug-likeness (QED) is 0.809. The van der Waals surface area contributed by atoms with Gasteiger partial charge in [0.15, 0.2) is 5.58 Å². The van der Waals surface area contributed by atoms with E-state index in [2.05, 4.69) is 4.98 Å². The number of oxazole rings is 1. The van der Waals surface area contributed by atoms with E-state index >= 15 is 0 Å². The van der Waals surface area contributed by atoms with Crippen LogP contribution in [0.5, 0.6) is 0 Å². The van der Waals surface area contributed by atoms with Crippen LogP contribution in [0.2, 0.25) is 0 Å². The standard InChI is InChI=1S/C18H16N2O3/c21-17-10-13(11-20(17)14-4-2-1-3-5-14)8-12-6-7-16-15(9-12)19-18(22)23-16/h1-7,9,13H,8,10-11H2,(H,19,22)/t13-/m0/s1. The maximum absolute atomic E-state index is 12.3. The summed E-state index contributed by atoms with van der Waals surface area (Å²) < 4.78 is 5.01. The molecule has 0 spiro atoms. The number of fused-ring (bicyclic) bond motifs is 1. The minimum absolute atomic E-state index is 0.166.